The molecule has 0 fully saturated rings. The Morgan fingerprint density at radius 3 is 2.47 bits per heavy atom. The Labute approximate surface area is 120 Å². The van der Waals surface area contributed by atoms with Gasteiger partial charge in [-0.1, -0.05) is 39.7 Å². The highest BCUT2D eigenvalue weighted by atomic mass is 79.9. The van der Waals surface area contributed by atoms with E-state index in [9.17, 15) is 4.79 Å². The van der Waals surface area contributed by atoms with Gasteiger partial charge in [-0.25, -0.2) is 4.79 Å². The lowest BCUT2D eigenvalue weighted by Gasteiger charge is -2.09. The number of nitrogens with one attached hydrogen (secondary N) is 1. The van der Waals surface area contributed by atoms with Gasteiger partial charge in [0.1, 0.15) is 0 Å². The molecule has 2 N–H and O–H groups in total. The molecule has 0 unspecified atom stereocenters. The van der Waals surface area contributed by atoms with Crippen LogP contribution in [0.15, 0.2) is 46.9 Å². The summed E-state index contributed by atoms with van der Waals surface area (Å²) >= 11 is 3.40. The zero-order valence-electron chi connectivity index (χ0n) is 10.5. The van der Waals surface area contributed by atoms with Gasteiger partial charge in [-0.05, 0) is 36.8 Å². The SMILES string of the molecule is Cc1ccc(NCc2ccc(C(=O)O)cc2Br)cc1. The molecule has 0 heterocycles. The third kappa shape index (κ3) is 3.58. The first-order valence-corrected chi connectivity index (χ1v) is 6.68. The molecule has 0 saturated heterocycles. The molecule has 0 spiro atoms. The lowest BCUT2D eigenvalue weighted by Crippen LogP contribution is -2.02. The van der Waals surface area contributed by atoms with E-state index in [0.717, 1.165) is 15.7 Å². The van der Waals surface area contributed by atoms with E-state index < -0.39 is 5.97 Å². The van der Waals surface area contributed by atoms with Gasteiger partial charge in [0.25, 0.3) is 0 Å². The molecule has 0 aliphatic rings. The highest BCUT2D eigenvalue weighted by molar-refractivity contribution is 9.10. The van der Waals surface area contributed by atoms with Crippen molar-refractivity contribution >= 4 is 27.6 Å². The van der Waals surface area contributed by atoms with E-state index in [0.29, 0.717) is 6.54 Å². The molecule has 0 aliphatic heterocycles. The summed E-state index contributed by atoms with van der Waals surface area (Å²) in [4.78, 5) is 10.8. The van der Waals surface area contributed by atoms with Gasteiger partial charge in [-0.3, -0.25) is 0 Å². The lowest BCUT2D eigenvalue weighted by atomic mass is 10.1. The number of anilines is 1. The van der Waals surface area contributed by atoms with Crippen molar-refractivity contribution in [2.24, 2.45) is 0 Å². The van der Waals surface area contributed by atoms with Crippen LogP contribution in [0.25, 0.3) is 0 Å². The summed E-state index contributed by atoms with van der Waals surface area (Å²) in [7, 11) is 0. The average Bonchev–Trinajstić information content (AvgIpc) is 2.39. The van der Waals surface area contributed by atoms with Crippen LogP contribution >= 0.6 is 15.9 Å². The van der Waals surface area contributed by atoms with Crippen molar-refractivity contribution in [2.75, 3.05) is 5.32 Å². The number of benzene rings is 2. The topological polar surface area (TPSA) is 49.3 Å². The fourth-order valence-electron chi connectivity index (χ4n) is 1.69. The monoisotopic (exact) mass is 319 g/mol. The first kappa shape index (κ1) is 13.6. The highest BCUT2D eigenvalue weighted by Gasteiger charge is 2.06. The minimum atomic E-state index is -0.918. The van der Waals surface area contributed by atoms with Gasteiger partial charge in [-0.15, -0.1) is 0 Å². The number of carboxylic acid groups (broad SMARTS) is 1. The van der Waals surface area contributed by atoms with Crippen molar-refractivity contribution in [3.63, 3.8) is 0 Å². The van der Waals surface area contributed by atoms with Crippen molar-refractivity contribution in [1.82, 2.24) is 0 Å². The molecule has 0 aromatic heterocycles. The summed E-state index contributed by atoms with van der Waals surface area (Å²) in [5.74, 6) is -0.918. The number of carboxylic acids is 1. The largest absolute Gasteiger partial charge is 0.478 e. The third-order valence-corrected chi connectivity index (χ3v) is 3.57. The fourth-order valence-corrected chi connectivity index (χ4v) is 2.21. The molecular weight excluding hydrogens is 306 g/mol. The highest BCUT2D eigenvalue weighted by Crippen LogP contribution is 2.20. The van der Waals surface area contributed by atoms with Gasteiger partial charge in [-0.2, -0.15) is 0 Å². The maximum absolute atomic E-state index is 10.8. The van der Waals surface area contributed by atoms with E-state index in [1.807, 2.05) is 37.3 Å². The van der Waals surface area contributed by atoms with Gasteiger partial charge < -0.3 is 10.4 Å². The van der Waals surface area contributed by atoms with E-state index in [2.05, 4.69) is 21.2 Å². The molecule has 98 valence electrons. The summed E-state index contributed by atoms with van der Waals surface area (Å²) in [5, 5.41) is 12.2. The molecule has 0 aliphatic carbocycles. The summed E-state index contributed by atoms with van der Waals surface area (Å²) < 4.78 is 0.798. The molecule has 19 heavy (non-hydrogen) atoms. The van der Waals surface area contributed by atoms with E-state index in [1.165, 1.54) is 5.56 Å². The van der Waals surface area contributed by atoms with Crippen molar-refractivity contribution in [3.05, 3.63) is 63.6 Å². The average molecular weight is 320 g/mol. The third-order valence-electron chi connectivity index (χ3n) is 2.83. The summed E-state index contributed by atoms with van der Waals surface area (Å²) in [5.41, 5.74) is 3.56. The Morgan fingerprint density at radius 2 is 1.89 bits per heavy atom. The molecule has 0 saturated carbocycles. The van der Waals surface area contributed by atoms with Crippen LogP contribution < -0.4 is 5.32 Å². The Balaban J connectivity index is 2.07. The predicted molar refractivity (Wildman–Crippen MR) is 79.6 cm³/mol. The van der Waals surface area contributed by atoms with Crippen LogP contribution in [0.1, 0.15) is 21.5 Å². The van der Waals surface area contributed by atoms with Crippen LogP contribution in [0.3, 0.4) is 0 Å². The van der Waals surface area contributed by atoms with Gasteiger partial charge in [0.15, 0.2) is 0 Å². The number of hydrogen-bond donors (Lipinski definition) is 2. The standard InChI is InChI=1S/C15H14BrNO2/c1-10-2-6-13(7-3-10)17-9-12-5-4-11(15(18)19)8-14(12)16/h2-8,17H,9H2,1H3,(H,18,19). The number of aromatic carboxylic acids is 1. The van der Waals surface area contributed by atoms with Gasteiger partial charge in [0.2, 0.25) is 0 Å². The van der Waals surface area contributed by atoms with Crippen LogP contribution in [0.2, 0.25) is 0 Å². The fraction of sp³-hybridized carbons (Fsp3) is 0.133. The van der Waals surface area contributed by atoms with Crippen LogP contribution in [-0.4, -0.2) is 11.1 Å². The Bertz CT molecular complexity index is 594. The molecule has 0 amide bonds. The Morgan fingerprint density at radius 1 is 1.21 bits per heavy atom. The molecule has 0 atom stereocenters. The normalized spacial score (nSPS) is 10.2. The molecule has 0 radical (unpaired) electrons. The van der Waals surface area contributed by atoms with Crippen LogP contribution in [0.4, 0.5) is 5.69 Å². The number of carbonyl (C=O) groups is 1. The quantitative estimate of drug-likeness (QED) is 0.893. The van der Waals surface area contributed by atoms with E-state index >= 15 is 0 Å². The zero-order valence-corrected chi connectivity index (χ0v) is 12.1. The van der Waals surface area contributed by atoms with Crippen molar-refractivity contribution in [2.45, 2.75) is 13.5 Å². The molecule has 4 heteroatoms. The minimum absolute atomic E-state index is 0.283. The second kappa shape index (κ2) is 5.89. The summed E-state index contributed by atoms with van der Waals surface area (Å²) in [6.07, 6.45) is 0. The van der Waals surface area contributed by atoms with Crippen LogP contribution in [-0.2, 0) is 6.54 Å². The number of rotatable bonds is 4. The van der Waals surface area contributed by atoms with Gasteiger partial charge in [0.05, 0.1) is 5.56 Å². The van der Waals surface area contributed by atoms with E-state index in [1.54, 1.807) is 12.1 Å². The molecule has 2 aromatic rings. The van der Waals surface area contributed by atoms with Crippen molar-refractivity contribution in [3.8, 4) is 0 Å². The van der Waals surface area contributed by atoms with E-state index in [4.69, 9.17) is 5.11 Å². The molecule has 2 rings (SSSR count). The minimum Gasteiger partial charge on any atom is -0.478 e. The number of aryl methyl sites for hydroxylation is 1. The predicted octanol–water partition coefficient (Wildman–Crippen LogP) is 4.07. The molecule has 3 nitrogen and oxygen atoms in total. The zero-order chi connectivity index (χ0) is 13.8. The maximum atomic E-state index is 10.8. The number of hydrogen-bond acceptors (Lipinski definition) is 2. The lowest BCUT2D eigenvalue weighted by molar-refractivity contribution is 0.0697. The Hall–Kier alpha value is -1.81. The van der Waals surface area contributed by atoms with E-state index in [-0.39, 0.29) is 5.56 Å². The smallest absolute Gasteiger partial charge is 0.335 e. The van der Waals surface area contributed by atoms with Gasteiger partial charge in [0, 0.05) is 16.7 Å². The molecular formula is C15H14BrNO2. The second-order valence-electron chi connectivity index (χ2n) is 4.33. The summed E-state index contributed by atoms with van der Waals surface area (Å²) in [6.45, 7) is 2.69. The molecule has 2 aromatic carbocycles. The first-order valence-electron chi connectivity index (χ1n) is 5.88. The second-order valence-corrected chi connectivity index (χ2v) is 5.19. The van der Waals surface area contributed by atoms with Crippen LogP contribution in [0.5, 0.6) is 0 Å². The van der Waals surface area contributed by atoms with Crippen LogP contribution in [0, 0.1) is 6.92 Å². The summed E-state index contributed by atoms with van der Waals surface area (Å²) in [6, 6.07) is 13.2. The first-order chi connectivity index (χ1) is 9.06. The van der Waals surface area contributed by atoms with Crippen molar-refractivity contribution < 1.29 is 9.90 Å². The van der Waals surface area contributed by atoms with Gasteiger partial charge >= 0.3 is 5.97 Å². The molecule has 0 bridgehead atoms. The Kier molecular flexibility index (Phi) is 4.22. The van der Waals surface area contributed by atoms with Crippen molar-refractivity contribution in [1.29, 1.82) is 0 Å². The maximum Gasteiger partial charge on any atom is 0.335 e. The number of halogens is 1.